The summed E-state index contributed by atoms with van der Waals surface area (Å²) >= 11 is 0. The Hall–Kier alpha value is -1.35. The average Bonchev–Trinajstić information content (AvgIpc) is 2.15. The highest BCUT2D eigenvalue weighted by molar-refractivity contribution is 6.01. The molecule has 1 rings (SSSR count). The van der Waals surface area contributed by atoms with E-state index < -0.39 is 0 Å². The van der Waals surface area contributed by atoms with Crippen molar-refractivity contribution in [2.45, 2.75) is 0 Å². The number of ether oxygens (including phenoxy) is 1. The standard InChI is InChI=1S/C9H11NO2/c1-12-7-9(10-11)8-5-3-2-4-6-8/h2-6,11H,7H2,1H3. The minimum atomic E-state index is 0.320. The number of nitrogens with zero attached hydrogens (tertiary/aromatic N) is 1. The van der Waals surface area contributed by atoms with Crippen LogP contribution < -0.4 is 0 Å². The van der Waals surface area contributed by atoms with E-state index in [9.17, 15) is 0 Å². The Labute approximate surface area is 71.3 Å². The zero-order valence-corrected chi connectivity index (χ0v) is 6.90. The summed E-state index contributed by atoms with van der Waals surface area (Å²) in [6.45, 7) is 0.320. The van der Waals surface area contributed by atoms with Gasteiger partial charge in [-0.1, -0.05) is 35.5 Å². The van der Waals surface area contributed by atoms with E-state index in [0.717, 1.165) is 5.56 Å². The Morgan fingerprint density at radius 2 is 2.08 bits per heavy atom. The van der Waals surface area contributed by atoms with Crippen molar-refractivity contribution in [3.05, 3.63) is 35.9 Å². The van der Waals surface area contributed by atoms with E-state index >= 15 is 0 Å². The Morgan fingerprint density at radius 1 is 1.42 bits per heavy atom. The molecule has 0 aliphatic rings. The van der Waals surface area contributed by atoms with Crippen LogP contribution in [-0.4, -0.2) is 24.6 Å². The molecular formula is C9H11NO2. The molecular weight excluding hydrogens is 154 g/mol. The van der Waals surface area contributed by atoms with Crippen LogP contribution in [0.2, 0.25) is 0 Å². The first-order valence-electron chi connectivity index (χ1n) is 3.63. The molecule has 1 aromatic carbocycles. The zero-order chi connectivity index (χ0) is 8.81. The highest BCUT2D eigenvalue weighted by Crippen LogP contribution is 2.00. The van der Waals surface area contributed by atoms with Crippen molar-refractivity contribution in [1.29, 1.82) is 0 Å². The summed E-state index contributed by atoms with van der Waals surface area (Å²) in [6, 6.07) is 9.42. The van der Waals surface area contributed by atoms with E-state index in [1.165, 1.54) is 0 Å². The number of rotatable bonds is 3. The second-order valence-electron chi connectivity index (χ2n) is 2.35. The minimum Gasteiger partial charge on any atom is -0.411 e. The van der Waals surface area contributed by atoms with Gasteiger partial charge >= 0.3 is 0 Å². The van der Waals surface area contributed by atoms with Gasteiger partial charge in [-0.15, -0.1) is 0 Å². The van der Waals surface area contributed by atoms with Gasteiger partial charge in [-0.3, -0.25) is 0 Å². The van der Waals surface area contributed by atoms with Gasteiger partial charge in [-0.05, 0) is 0 Å². The summed E-state index contributed by atoms with van der Waals surface area (Å²) in [5.41, 5.74) is 1.42. The van der Waals surface area contributed by atoms with Gasteiger partial charge in [0.15, 0.2) is 0 Å². The van der Waals surface area contributed by atoms with Gasteiger partial charge in [-0.25, -0.2) is 0 Å². The monoisotopic (exact) mass is 165 g/mol. The van der Waals surface area contributed by atoms with Crippen molar-refractivity contribution >= 4 is 5.71 Å². The second kappa shape index (κ2) is 4.51. The van der Waals surface area contributed by atoms with Gasteiger partial charge in [0.1, 0.15) is 5.71 Å². The van der Waals surface area contributed by atoms with Crippen molar-refractivity contribution in [2.75, 3.05) is 13.7 Å². The first kappa shape index (κ1) is 8.74. The third kappa shape index (κ3) is 2.07. The molecule has 0 heterocycles. The third-order valence-electron chi connectivity index (χ3n) is 1.51. The van der Waals surface area contributed by atoms with Crippen LogP contribution in [0, 0.1) is 0 Å². The molecule has 0 atom stereocenters. The summed E-state index contributed by atoms with van der Waals surface area (Å²) in [7, 11) is 1.56. The van der Waals surface area contributed by atoms with Crippen LogP contribution in [0.4, 0.5) is 0 Å². The molecule has 0 aliphatic carbocycles. The van der Waals surface area contributed by atoms with E-state index in [-0.39, 0.29) is 0 Å². The first-order valence-corrected chi connectivity index (χ1v) is 3.63. The third-order valence-corrected chi connectivity index (χ3v) is 1.51. The fourth-order valence-corrected chi connectivity index (χ4v) is 0.937. The second-order valence-corrected chi connectivity index (χ2v) is 2.35. The Kier molecular flexibility index (Phi) is 3.29. The predicted molar refractivity (Wildman–Crippen MR) is 46.6 cm³/mol. The molecule has 0 radical (unpaired) electrons. The predicted octanol–water partition coefficient (Wildman–Crippen LogP) is 1.51. The fourth-order valence-electron chi connectivity index (χ4n) is 0.937. The lowest BCUT2D eigenvalue weighted by molar-refractivity contribution is 0.238. The molecule has 0 fully saturated rings. The lowest BCUT2D eigenvalue weighted by Crippen LogP contribution is -2.08. The molecule has 12 heavy (non-hydrogen) atoms. The number of oxime groups is 1. The lowest BCUT2D eigenvalue weighted by Gasteiger charge is -2.01. The Balaban J connectivity index is 2.82. The number of hydrogen-bond donors (Lipinski definition) is 1. The molecule has 0 spiro atoms. The van der Waals surface area contributed by atoms with Gasteiger partial charge in [0.05, 0.1) is 6.61 Å². The quantitative estimate of drug-likeness (QED) is 0.419. The molecule has 3 heteroatoms. The van der Waals surface area contributed by atoms with E-state index in [1.54, 1.807) is 7.11 Å². The summed E-state index contributed by atoms with van der Waals surface area (Å²) in [6.07, 6.45) is 0. The van der Waals surface area contributed by atoms with Crippen molar-refractivity contribution in [3.63, 3.8) is 0 Å². The Bertz CT molecular complexity index is 256. The topological polar surface area (TPSA) is 41.8 Å². The maximum atomic E-state index is 8.62. The highest BCUT2D eigenvalue weighted by Gasteiger charge is 2.01. The van der Waals surface area contributed by atoms with E-state index in [0.29, 0.717) is 12.3 Å². The van der Waals surface area contributed by atoms with Gasteiger partial charge in [0, 0.05) is 12.7 Å². The highest BCUT2D eigenvalue weighted by atomic mass is 16.5. The van der Waals surface area contributed by atoms with Crippen LogP contribution in [0.3, 0.4) is 0 Å². The maximum Gasteiger partial charge on any atom is 0.112 e. The molecule has 0 unspecified atom stereocenters. The molecule has 0 saturated heterocycles. The Morgan fingerprint density at radius 3 is 2.58 bits per heavy atom. The van der Waals surface area contributed by atoms with Gasteiger partial charge in [0.2, 0.25) is 0 Å². The van der Waals surface area contributed by atoms with E-state index in [1.807, 2.05) is 30.3 Å². The van der Waals surface area contributed by atoms with Crippen LogP contribution in [0.25, 0.3) is 0 Å². The summed E-state index contributed by atoms with van der Waals surface area (Å²) in [5, 5.41) is 11.8. The number of benzene rings is 1. The molecule has 1 aromatic rings. The summed E-state index contributed by atoms with van der Waals surface area (Å²) < 4.78 is 4.86. The first-order chi connectivity index (χ1) is 5.88. The summed E-state index contributed by atoms with van der Waals surface area (Å²) in [5.74, 6) is 0. The van der Waals surface area contributed by atoms with Gasteiger partial charge in [0.25, 0.3) is 0 Å². The molecule has 0 amide bonds. The maximum absolute atomic E-state index is 8.62. The van der Waals surface area contributed by atoms with Crippen molar-refractivity contribution in [2.24, 2.45) is 5.16 Å². The normalized spacial score (nSPS) is 11.6. The SMILES string of the molecule is COCC(=NO)c1ccccc1. The van der Waals surface area contributed by atoms with Crippen LogP contribution in [-0.2, 0) is 4.74 Å². The molecule has 0 aromatic heterocycles. The average molecular weight is 165 g/mol. The molecule has 1 N–H and O–H groups in total. The van der Waals surface area contributed by atoms with Crippen molar-refractivity contribution in [1.82, 2.24) is 0 Å². The molecule has 64 valence electrons. The summed E-state index contributed by atoms with van der Waals surface area (Å²) in [4.78, 5) is 0. The largest absolute Gasteiger partial charge is 0.411 e. The molecule has 0 saturated carbocycles. The smallest absolute Gasteiger partial charge is 0.112 e. The minimum absolute atomic E-state index is 0.320. The van der Waals surface area contributed by atoms with Crippen molar-refractivity contribution in [3.8, 4) is 0 Å². The molecule has 3 nitrogen and oxygen atoms in total. The lowest BCUT2D eigenvalue weighted by atomic mass is 10.1. The van der Waals surface area contributed by atoms with Crippen molar-refractivity contribution < 1.29 is 9.94 Å². The fraction of sp³-hybridized carbons (Fsp3) is 0.222. The van der Waals surface area contributed by atoms with Gasteiger partial charge in [-0.2, -0.15) is 0 Å². The van der Waals surface area contributed by atoms with E-state index in [4.69, 9.17) is 9.94 Å². The van der Waals surface area contributed by atoms with Crippen LogP contribution in [0.5, 0.6) is 0 Å². The number of hydrogen-bond acceptors (Lipinski definition) is 3. The van der Waals surface area contributed by atoms with Crippen LogP contribution in [0.15, 0.2) is 35.5 Å². The van der Waals surface area contributed by atoms with Crippen LogP contribution >= 0.6 is 0 Å². The van der Waals surface area contributed by atoms with Gasteiger partial charge < -0.3 is 9.94 Å². The molecule has 0 aliphatic heterocycles. The van der Waals surface area contributed by atoms with E-state index in [2.05, 4.69) is 5.16 Å². The van der Waals surface area contributed by atoms with Crippen LogP contribution in [0.1, 0.15) is 5.56 Å². The number of methoxy groups -OCH3 is 1. The zero-order valence-electron chi connectivity index (χ0n) is 6.90. The molecule has 0 bridgehead atoms.